The monoisotopic (exact) mass is 452 g/mol. The molecule has 1 aliphatic heterocycles. The number of amides is 1. The van der Waals surface area contributed by atoms with E-state index in [1.165, 1.54) is 0 Å². The Morgan fingerprint density at radius 1 is 1.33 bits per heavy atom. The normalized spacial score (nSPS) is 20.0. The van der Waals surface area contributed by atoms with Crippen LogP contribution in [0, 0.1) is 10.8 Å². The zero-order valence-electron chi connectivity index (χ0n) is 20.4. The van der Waals surface area contributed by atoms with Gasteiger partial charge in [0.05, 0.1) is 0 Å². The topological polar surface area (TPSA) is 99.3 Å². The highest BCUT2D eigenvalue weighted by molar-refractivity contribution is 6.00. The minimum absolute atomic E-state index is 0.0314. The van der Waals surface area contributed by atoms with Crippen LogP contribution >= 0.6 is 0 Å². The highest BCUT2D eigenvalue weighted by atomic mass is 16.3. The largest absolute Gasteiger partial charge is 0.501 e. The van der Waals surface area contributed by atoms with Crippen LogP contribution in [-0.4, -0.2) is 44.3 Å². The van der Waals surface area contributed by atoms with E-state index in [0.717, 1.165) is 36.8 Å². The second kappa shape index (κ2) is 9.89. The zero-order valence-corrected chi connectivity index (χ0v) is 20.4. The molecule has 7 heteroatoms. The van der Waals surface area contributed by atoms with Gasteiger partial charge < -0.3 is 20.0 Å². The maximum Gasteiger partial charge on any atom is 0.315 e. The molecule has 0 saturated heterocycles. The van der Waals surface area contributed by atoms with Crippen molar-refractivity contribution in [1.29, 1.82) is 5.41 Å². The van der Waals surface area contributed by atoms with Crippen molar-refractivity contribution in [1.82, 2.24) is 14.5 Å². The lowest BCUT2D eigenvalue weighted by atomic mass is 9.73. The van der Waals surface area contributed by atoms with Crippen molar-refractivity contribution < 1.29 is 9.90 Å². The minimum atomic E-state index is -0.758. The first kappa shape index (κ1) is 24.7. The predicted octanol–water partition coefficient (Wildman–Crippen LogP) is 4.40. The number of rotatable bonds is 8. The van der Waals surface area contributed by atoms with Crippen LogP contribution in [0.25, 0.3) is 0 Å². The van der Waals surface area contributed by atoms with Gasteiger partial charge in [-0.05, 0) is 48.8 Å². The molecule has 178 valence electrons. The van der Waals surface area contributed by atoms with E-state index in [2.05, 4.69) is 37.1 Å². The molecule has 1 aliphatic carbocycles. The Morgan fingerprint density at radius 3 is 2.73 bits per heavy atom. The number of hydrogen-bond acceptors (Lipinski definition) is 5. The summed E-state index contributed by atoms with van der Waals surface area (Å²) in [6.45, 7) is 8.73. The van der Waals surface area contributed by atoms with Gasteiger partial charge in [-0.25, -0.2) is 0 Å². The van der Waals surface area contributed by atoms with Gasteiger partial charge in [-0.2, -0.15) is 4.98 Å². The fourth-order valence-electron chi connectivity index (χ4n) is 4.62. The summed E-state index contributed by atoms with van der Waals surface area (Å²) in [6, 6.07) is -0.0767. The number of unbranched alkanes of at least 4 members (excludes halogenated alkanes) is 1. The number of nitrogens with one attached hydrogen (secondary N) is 1. The molecule has 0 fully saturated rings. The Kier molecular flexibility index (Phi) is 7.40. The zero-order chi connectivity index (χ0) is 24.3. The van der Waals surface area contributed by atoms with Crippen LogP contribution in [0.2, 0.25) is 0 Å². The third-order valence-electron chi connectivity index (χ3n) is 6.98. The fourth-order valence-corrected chi connectivity index (χ4v) is 4.62. The van der Waals surface area contributed by atoms with Gasteiger partial charge in [0, 0.05) is 31.8 Å². The number of carbonyl (C=O) groups excluding carboxylic acids is 1. The Bertz CT molecular complexity index is 1100. The maximum atomic E-state index is 12.9. The average Bonchev–Trinajstić information content (AvgIpc) is 3.06. The molecule has 7 nitrogen and oxygen atoms in total. The molecule has 0 spiro atoms. The van der Waals surface area contributed by atoms with E-state index in [-0.39, 0.29) is 23.1 Å². The second-order valence-corrected chi connectivity index (χ2v) is 9.48. The van der Waals surface area contributed by atoms with Crippen LogP contribution in [0.1, 0.15) is 76.1 Å². The quantitative estimate of drug-likeness (QED) is 0.571. The number of likely N-dealkylation sites (N-methyl/N-ethyl adjacent to an activating group) is 1. The van der Waals surface area contributed by atoms with E-state index in [1.807, 2.05) is 19.9 Å². The van der Waals surface area contributed by atoms with Gasteiger partial charge in [0.2, 0.25) is 5.75 Å². The Morgan fingerprint density at radius 2 is 2.06 bits per heavy atom. The molecule has 3 rings (SSSR count). The third kappa shape index (κ3) is 4.87. The molecule has 0 bridgehead atoms. The SMILES string of the molecule is CCCCC(C)(Cc1nc(=O)c(O)c2n1CC(C)N(C)C2=O)C1=CCC=CC(C(=N)CC)=C1. The van der Waals surface area contributed by atoms with Crippen molar-refractivity contribution in [2.24, 2.45) is 5.41 Å². The molecule has 2 unspecified atom stereocenters. The molecule has 0 radical (unpaired) electrons. The van der Waals surface area contributed by atoms with Crippen molar-refractivity contribution in [3.05, 3.63) is 57.3 Å². The van der Waals surface area contributed by atoms with E-state index in [9.17, 15) is 14.7 Å². The second-order valence-electron chi connectivity index (χ2n) is 9.48. The number of aromatic nitrogens is 2. The maximum absolute atomic E-state index is 12.9. The first-order valence-corrected chi connectivity index (χ1v) is 11.9. The third-order valence-corrected chi connectivity index (χ3v) is 6.98. The van der Waals surface area contributed by atoms with E-state index in [0.29, 0.717) is 30.9 Å². The fraction of sp³-hybridized carbons (Fsp3) is 0.538. The van der Waals surface area contributed by atoms with E-state index in [4.69, 9.17) is 5.41 Å². The molecule has 2 N–H and O–H groups in total. The lowest BCUT2D eigenvalue weighted by Crippen LogP contribution is -2.46. The summed E-state index contributed by atoms with van der Waals surface area (Å²) in [5, 5.41) is 18.7. The van der Waals surface area contributed by atoms with Crippen LogP contribution in [0.3, 0.4) is 0 Å². The van der Waals surface area contributed by atoms with Crippen molar-refractivity contribution in [2.75, 3.05) is 7.05 Å². The Hall–Kier alpha value is -2.96. The van der Waals surface area contributed by atoms with Crippen molar-refractivity contribution in [3.8, 4) is 5.75 Å². The molecule has 0 aromatic carbocycles. The summed E-state index contributed by atoms with van der Waals surface area (Å²) in [5.41, 5.74) is 1.56. The Labute approximate surface area is 196 Å². The van der Waals surface area contributed by atoms with Crippen LogP contribution in [0.5, 0.6) is 5.75 Å². The van der Waals surface area contributed by atoms with Crippen LogP contribution in [0.4, 0.5) is 0 Å². The molecular formula is C26H36N4O3. The van der Waals surface area contributed by atoms with Gasteiger partial charge in [0.25, 0.3) is 5.91 Å². The van der Waals surface area contributed by atoms with Crippen molar-refractivity contribution in [3.63, 3.8) is 0 Å². The number of aromatic hydroxyl groups is 1. The number of carbonyl (C=O) groups is 1. The standard InChI is InChI=1S/C26H36N4O3/c1-6-8-13-26(4,19-12-10-9-11-18(14-19)20(27)7-2)15-21-28-24(32)23(31)22-25(33)29(5)17(3)16-30(21)22/h9,11-12,14,17,27,31H,6-8,10,13,15-16H2,1-5H3. The first-order valence-electron chi connectivity index (χ1n) is 11.9. The van der Waals surface area contributed by atoms with Crippen LogP contribution in [-0.2, 0) is 13.0 Å². The first-order chi connectivity index (χ1) is 15.6. The molecule has 2 heterocycles. The molecular weight excluding hydrogens is 416 g/mol. The van der Waals surface area contributed by atoms with Gasteiger partial charge in [0.1, 0.15) is 5.82 Å². The van der Waals surface area contributed by atoms with E-state index < -0.39 is 11.3 Å². The summed E-state index contributed by atoms with van der Waals surface area (Å²) in [7, 11) is 1.68. The summed E-state index contributed by atoms with van der Waals surface area (Å²) in [6.07, 6.45) is 13.2. The molecule has 1 amide bonds. The lowest BCUT2D eigenvalue weighted by molar-refractivity contribution is 0.0660. The number of allylic oxidation sites excluding steroid dienone is 6. The highest BCUT2D eigenvalue weighted by Crippen LogP contribution is 2.39. The molecule has 1 aromatic rings. The molecule has 33 heavy (non-hydrogen) atoms. The summed E-state index contributed by atoms with van der Waals surface area (Å²) < 4.78 is 1.74. The summed E-state index contributed by atoms with van der Waals surface area (Å²) in [5.74, 6) is -0.411. The molecule has 2 atom stereocenters. The van der Waals surface area contributed by atoms with E-state index in [1.54, 1.807) is 16.5 Å². The van der Waals surface area contributed by atoms with E-state index >= 15 is 0 Å². The molecule has 2 aliphatic rings. The Balaban J connectivity index is 2.12. The van der Waals surface area contributed by atoms with Crippen LogP contribution in [0.15, 0.2) is 40.2 Å². The van der Waals surface area contributed by atoms with Crippen molar-refractivity contribution >= 4 is 11.6 Å². The summed E-state index contributed by atoms with van der Waals surface area (Å²) in [4.78, 5) is 31.3. The highest BCUT2D eigenvalue weighted by Gasteiger charge is 2.36. The molecule has 1 aromatic heterocycles. The van der Waals surface area contributed by atoms with Gasteiger partial charge in [0.15, 0.2) is 5.69 Å². The van der Waals surface area contributed by atoms with Gasteiger partial charge in [-0.1, -0.05) is 51.8 Å². The van der Waals surface area contributed by atoms with Gasteiger partial charge in [-0.3, -0.25) is 9.59 Å². The van der Waals surface area contributed by atoms with Crippen molar-refractivity contribution in [2.45, 2.75) is 78.8 Å². The predicted molar refractivity (Wildman–Crippen MR) is 131 cm³/mol. The number of hydrogen-bond donors (Lipinski definition) is 2. The minimum Gasteiger partial charge on any atom is -0.501 e. The molecule has 0 saturated carbocycles. The van der Waals surface area contributed by atoms with Gasteiger partial charge >= 0.3 is 5.56 Å². The van der Waals surface area contributed by atoms with Crippen LogP contribution < -0.4 is 5.56 Å². The van der Waals surface area contributed by atoms with Gasteiger partial charge in [-0.15, -0.1) is 0 Å². The summed E-state index contributed by atoms with van der Waals surface area (Å²) >= 11 is 0. The lowest BCUT2D eigenvalue weighted by Gasteiger charge is -2.37. The number of nitrogens with zero attached hydrogens (tertiary/aromatic N) is 3. The smallest absolute Gasteiger partial charge is 0.315 e. The number of fused-ring (bicyclic) bond motifs is 1. The average molecular weight is 453 g/mol.